The Balaban J connectivity index is 2.35. The second kappa shape index (κ2) is 6.26. The molecule has 6 nitrogen and oxygen atoms in total. The molecule has 0 aromatic carbocycles. The van der Waals surface area contributed by atoms with Crippen LogP contribution in [-0.4, -0.2) is 22.6 Å². The molecule has 0 fully saturated rings. The Morgan fingerprint density at radius 3 is 2.58 bits per heavy atom. The first-order valence-electron chi connectivity index (χ1n) is 6.12. The molecular formula is C13H20N2O4. The van der Waals surface area contributed by atoms with Crippen molar-refractivity contribution in [3.8, 4) is 0 Å². The third-order valence-electron chi connectivity index (χ3n) is 2.63. The quantitative estimate of drug-likeness (QED) is 0.736. The molecule has 2 amide bonds. The van der Waals surface area contributed by atoms with E-state index in [0.717, 1.165) is 5.76 Å². The first-order valence-corrected chi connectivity index (χ1v) is 6.12. The van der Waals surface area contributed by atoms with E-state index in [1.807, 2.05) is 13.0 Å². The molecule has 1 heterocycles. The molecule has 0 radical (unpaired) electrons. The lowest BCUT2D eigenvalue weighted by atomic mass is 9.99. The van der Waals surface area contributed by atoms with E-state index < -0.39 is 11.5 Å². The zero-order valence-corrected chi connectivity index (χ0v) is 11.4. The highest BCUT2D eigenvalue weighted by Gasteiger charge is 2.21. The Labute approximate surface area is 112 Å². The van der Waals surface area contributed by atoms with E-state index in [1.165, 1.54) is 0 Å². The number of carbonyl (C=O) groups is 2. The number of rotatable bonds is 6. The van der Waals surface area contributed by atoms with Crippen LogP contribution < -0.4 is 10.6 Å². The molecular weight excluding hydrogens is 248 g/mol. The maximum atomic E-state index is 11.7. The van der Waals surface area contributed by atoms with E-state index in [1.54, 1.807) is 19.9 Å². The largest absolute Gasteiger partial charge is 0.481 e. The number of hydrogen-bond donors (Lipinski definition) is 3. The van der Waals surface area contributed by atoms with Crippen LogP contribution in [0, 0.1) is 6.92 Å². The topological polar surface area (TPSA) is 91.6 Å². The summed E-state index contributed by atoms with van der Waals surface area (Å²) in [6.07, 6.45) is 0.389. The summed E-state index contributed by atoms with van der Waals surface area (Å²) in [6, 6.07) is 3.28. The number of furan rings is 1. The van der Waals surface area contributed by atoms with E-state index in [-0.39, 0.29) is 12.5 Å². The van der Waals surface area contributed by atoms with Crippen LogP contribution in [0.3, 0.4) is 0 Å². The standard InChI is InChI=1S/C13H20N2O4/c1-9-4-5-10(19-9)8-14-12(18)15-13(2,3)7-6-11(16)17/h4-5H,6-8H2,1-3H3,(H,16,17)(H2,14,15,18). The van der Waals surface area contributed by atoms with Crippen molar-refractivity contribution in [2.24, 2.45) is 0 Å². The Kier molecular flexibility index (Phi) is 4.97. The fourth-order valence-electron chi connectivity index (χ4n) is 1.58. The third-order valence-corrected chi connectivity index (χ3v) is 2.63. The monoisotopic (exact) mass is 268 g/mol. The summed E-state index contributed by atoms with van der Waals surface area (Å²) in [6.45, 7) is 5.70. The minimum atomic E-state index is -0.874. The number of urea groups is 1. The fraction of sp³-hybridized carbons (Fsp3) is 0.538. The van der Waals surface area contributed by atoms with Crippen molar-refractivity contribution in [3.05, 3.63) is 23.7 Å². The molecule has 0 spiro atoms. The average Bonchev–Trinajstić information content (AvgIpc) is 2.69. The molecule has 0 aliphatic heterocycles. The predicted molar refractivity (Wildman–Crippen MR) is 69.8 cm³/mol. The Bertz CT molecular complexity index is 451. The molecule has 106 valence electrons. The summed E-state index contributed by atoms with van der Waals surface area (Å²) >= 11 is 0. The minimum absolute atomic E-state index is 0.0185. The highest BCUT2D eigenvalue weighted by atomic mass is 16.4. The van der Waals surface area contributed by atoms with Gasteiger partial charge >= 0.3 is 12.0 Å². The number of aryl methyl sites for hydroxylation is 1. The average molecular weight is 268 g/mol. The molecule has 0 aliphatic rings. The molecule has 0 bridgehead atoms. The molecule has 6 heteroatoms. The van der Waals surface area contributed by atoms with Gasteiger partial charge in [-0.25, -0.2) is 4.79 Å². The fourth-order valence-corrected chi connectivity index (χ4v) is 1.58. The molecule has 1 aromatic rings. The number of nitrogens with one attached hydrogen (secondary N) is 2. The molecule has 1 aromatic heterocycles. The van der Waals surface area contributed by atoms with Gasteiger partial charge in [-0.3, -0.25) is 4.79 Å². The summed E-state index contributed by atoms with van der Waals surface area (Å²) in [5.74, 6) is 0.594. The summed E-state index contributed by atoms with van der Waals surface area (Å²) in [7, 11) is 0. The zero-order valence-electron chi connectivity index (χ0n) is 11.4. The van der Waals surface area contributed by atoms with Gasteiger partial charge in [0.15, 0.2) is 0 Å². The predicted octanol–water partition coefficient (Wildman–Crippen LogP) is 2.03. The van der Waals surface area contributed by atoms with Crippen molar-refractivity contribution in [1.29, 1.82) is 0 Å². The molecule has 0 saturated carbocycles. The van der Waals surface area contributed by atoms with E-state index in [9.17, 15) is 9.59 Å². The van der Waals surface area contributed by atoms with Gasteiger partial charge in [0.25, 0.3) is 0 Å². The van der Waals surface area contributed by atoms with Crippen LogP contribution in [0.2, 0.25) is 0 Å². The first-order chi connectivity index (χ1) is 8.78. The number of aliphatic carboxylic acids is 1. The van der Waals surface area contributed by atoms with E-state index >= 15 is 0 Å². The van der Waals surface area contributed by atoms with Crippen LogP contribution in [0.25, 0.3) is 0 Å². The van der Waals surface area contributed by atoms with Gasteiger partial charge in [-0.15, -0.1) is 0 Å². The summed E-state index contributed by atoms with van der Waals surface area (Å²) in [5, 5.41) is 14.0. The second-order valence-electron chi connectivity index (χ2n) is 5.10. The van der Waals surface area contributed by atoms with E-state index in [0.29, 0.717) is 18.7 Å². The summed E-state index contributed by atoms with van der Waals surface area (Å²) < 4.78 is 5.32. The lowest BCUT2D eigenvalue weighted by Gasteiger charge is -2.25. The SMILES string of the molecule is Cc1ccc(CNC(=O)NC(C)(C)CCC(=O)O)o1. The molecule has 19 heavy (non-hydrogen) atoms. The Morgan fingerprint density at radius 1 is 1.37 bits per heavy atom. The number of carboxylic acids is 1. The van der Waals surface area contributed by atoms with Crippen molar-refractivity contribution in [3.63, 3.8) is 0 Å². The highest BCUT2D eigenvalue weighted by Crippen LogP contribution is 2.11. The van der Waals surface area contributed by atoms with Crippen LogP contribution in [-0.2, 0) is 11.3 Å². The number of carboxylic acid groups (broad SMARTS) is 1. The van der Waals surface area contributed by atoms with Gasteiger partial charge < -0.3 is 20.2 Å². The van der Waals surface area contributed by atoms with Gasteiger partial charge in [-0.2, -0.15) is 0 Å². The van der Waals surface area contributed by atoms with E-state index in [2.05, 4.69) is 10.6 Å². The second-order valence-corrected chi connectivity index (χ2v) is 5.10. The van der Waals surface area contributed by atoms with Crippen LogP contribution >= 0.6 is 0 Å². The van der Waals surface area contributed by atoms with Gasteiger partial charge in [0.05, 0.1) is 6.54 Å². The summed E-state index contributed by atoms with van der Waals surface area (Å²) in [5.41, 5.74) is -0.568. The molecule has 0 atom stereocenters. The summed E-state index contributed by atoms with van der Waals surface area (Å²) in [4.78, 5) is 22.2. The zero-order chi connectivity index (χ0) is 14.5. The molecule has 0 saturated heterocycles. The van der Waals surface area contributed by atoms with Crippen molar-refractivity contribution >= 4 is 12.0 Å². The van der Waals surface area contributed by atoms with Crippen molar-refractivity contribution in [2.45, 2.75) is 45.7 Å². The van der Waals surface area contributed by atoms with Crippen LogP contribution in [0.15, 0.2) is 16.5 Å². The van der Waals surface area contributed by atoms with Crippen molar-refractivity contribution in [1.82, 2.24) is 10.6 Å². The number of amides is 2. The number of hydrogen-bond acceptors (Lipinski definition) is 3. The molecule has 0 aliphatic carbocycles. The third kappa shape index (κ3) is 5.94. The van der Waals surface area contributed by atoms with Gasteiger partial charge in [-0.05, 0) is 39.3 Å². The lowest BCUT2D eigenvalue weighted by molar-refractivity contribution is -0.137. The van der Waals surface area contributed by atoms with Crippen molar-refractivity contribution in [2.75, 3.05) is 0 Å². The highest BCUT2D eigenvalue weighted by molar-refractivity contribution is 5.74. The molecule has 3 N–H and O–H groups in total. The van der Waals surface area contributed by atoms with Crippen molar-refractivity contribution < 1.29 is 19.1 Å². The molecule has 1 rings (SSSR count). The first kappa shape index (κ1) is 15.1. The smallest absolute Gasteiger partial charge is 0.315 e. The Morgan fingerprint density at radius 2 is 2.05 bits per heavy atom. The maximum Gasteiger partial charge on any atom is 0.315 e. The van der Waals surface area contributed by atoms with Crippen LogP contribution in [0.4, 0.5) is 4.79 Å². The Hall–Kier alpha value is -1.98. The van der Waals surface area contributed by atoms with E-state index in [4.69, 9.17) is 9.52 Å². The normalized spacial score (nSPS) is 11.1. The maximum absolute atomic E-state index is 11.7. The van der Waals surface area contributed by atoms with Gasteiger partial charge in [0.1, 0.15) is 11.5 Å². The van der Waals surface area contributed by atoms with Crippen LogP contribution in [0.5, 0.6) is 0 Å². The lowest BCUT2D eigenvalue weighted by Crippen LogP contribution is -2.48. The van der Waals surface area contributed by atoms with Gasteiger partial charge in [0, 0.05) is 12.0 Å². The minimum Gasteiger partial charge on any atom is -0.481 e. The van der Waals surface area contributed by atoms with Gasteiger partial charge in [0.2, 0.25) is 0 Å². The molecule has 0 unspecified atom stereocenters. The van der Waals surface area contributed by atoms with Gasteiger partial charge in [-0.1, -0.05) is 0 Å². The van der Waals surface area contributed by atoms with Crippen LogP contribution in [0.1, 0.15) is 38.2 Å². The number of carbonyl (C=O) groups excluding carboxylic acids is 1.